The predicted octanol–water partition coefficient (Wildman–Crippen LogP) is 2.73. The molecule has 0 atom stereocenters. The minimum Gasteiger partial charge on any atom is -0.369 e. The van der Waals surface area contributed by atoms with E-state index in [0.29, 0.717) is 18.8 Å². The van der Waals surface area contributed by atoms with Crippen LogP contribution in [-0.2, 0) is 16.4 Å². The lowest BCUT2D eigenvalue weighted by molar-refractivity contribution is 0.598. The maximum Gasteiger partial charge on any atom is 0.238 e. The summed E-state index contributed by atoms with van der Waals surface area (Å²) in [6.07, 6.45) is 3.98. The Morgan fingerprint density at radius 3 is 2.57 bits per heavy atom. The van der Waals surface area contributed by atoms with Gasteiger partial charge in [0, 0.05) is 6.54 Å². The summed E-state index contributed by atoms with van der Waals surface area (Å²) >= 11 is 0. The number of primary sulfonamides is 1. The molecule has 0 aliphatic heterocycles. The van der Waals surface area contributed by atoms with E-state index in [4.69, 9.17) is 5.14 Å². The first-order chi connectivity index (χ1) is 14.3. The third kappa shape index (κ3) is 4.03. The Morgan fingerprint density at radius 1 is 1.07 bits per heavy atom. The van der Waals surface area contributed by atoms with Crippen LogP contribution in [0.1, 0.15) is 16.7 Å². The number of rotatable bonds is 6. The molecule has 4 aromatic rings. The number of hydrogen-bond acceptors (Lipinski definition) is 6. The molecule has 30 heavy (non-hydrogen) atoms. The molecular weight excluding hydrogens is 400 g/mol. The van der Waals surface area contributed by atoms with Gasteiger partial charge in [0.05, 0.1) is 22.2 Å². The number of benzene rings is 2. The summed E-state index contributed by atoms with van der Waals surface area (Å²) in [6.45, 7) is 4.71. The fourth-order valence-electron chi connectivity index (χ4n) is 3.28. The lowest BCUT2D eigenvalue weighted by atomic mass is 10.1. The maximum absolute atomic E-state index is 11.4. The van der Waals surface area contributed by atoms with Crippen LogP contribution >= 0.6 is 0 Å². The van der Waals surface area contributed by atoms with Crippen molar-refractivity contribution in [3.63, 3.8) is 0 Å². The van der Waals surface area contributed by atoms with Crippen molar-refractivity contribution < 1.29 is 8.42 Å². The van der Waals surface area contributed by atoms with Crippen molar-refractivity contribution in [2.45, 2.75) is 25.2 Å². The molecule has 9 heteroatoms. The van der Waals surface area contributed by atoms with Crippen LogP contribution in [0.3, 0.4) is 0 Å². The number of sulfonamides is 1. The van der Waals surface area contributed by atoms with Crippen LogP contribution in [0.25, 0.3) is 16.7 Å². The van der Waals surface area contributed by atoms with Gasteiger partial charge in [0.2, 0.25) is 10.0 Å². The van der Waals surface area contributed by atoms with Gasteiger partial charge in [-0.25, -0.2) is 28.2 Å². The summed E-state index contributed by atoms with van der Waals surface area (Å²) in [5, 5.41) is 13.8. The van der Waals surface area contributed by atoms with Crippen LogP contribution < -0.4 is 10.5 Å². The highest BCUT2D eigenvalue weighted by Crippen LogP contribution is 2.24. The van der Waals surface area contributed by atoms with Crippen molar-refractivity contribution in [1.82, 2.24) is 19.7 Å². The number of anilines is 1. The Balaban J connectivity index is 1.53. The lowest BCUT2D eigenvalue weighted by Gasteiger charge is -2.09. The highest BCUT2D eigenvalue weighted by atomic mass is 32.2. The molecule has 0 radical (unpaired) electrons. The molecule has 2 aromatic carbocycles. The standard InChI is InChI=1S/C21H22N6O2S/c1-14-3-4-15(2)19(11-14)27-21-18(12-26-27)20(24-13-25-21)23-10-9-16-5-7-17(8-6-16)30(22,28)29/h3-8,11-13H,9-10H2,1-2H3,(H2,22,28,29)(H,23,24,25). The van der Waals surface area contributed by atoms with Gasteiger partial charge >= 0.3 is 0 Å². The molecule has 2 heterocycles. The molecule has 0 aliphatic carbocycles. The summed E-state index contributed by atoms with van der Waals surface area (Å²) in [6, 6.07) is 12.8. The molecule has 154 valence electrons. The van der Waals surface area contributed by atoms with Crippen LogP contribution in [0.4, 0.5) is 5.82 Å². The van der Waals surface area contributed by atoms with Gasteiger partial charge in [-0.05, 0) is 55.2 Å². The summed E-state index contributed by atoms with van der Waals surface area (Å²) in [7, 11) is -3.68. The van der Waals surface area contributed by atoms with E-state index >= 15 is 0 Å². The van der Waals surface area contributed by atoms with E-state index in [1.807, 2.05) is 18.5 Å². The van der Waals surface area contributed by atoms with Gasteiger partial charge in [0.25, 0.3) is 0 Å². The van der Waals surface area contributed by atoms with Crippen molar-refractivity contribution in [3.8, 4) is 5.69 Å². The van der Waals surface area contributed by atoms with Crippen molar-refractivity contribution in [2.24, 2.45) is 5.14 Å². The predicted molar refractivity (Wildman–Crippen MR) is 116 cm³/mol. The molecule has 0 saturated heterocycles. The smallest absolute Gasteiger partial charge is 0.238 e. The van der Waals surface area contributed by atoms with E-state index in [1.165, 1.54) is 18.5 Å². The molecule has 3 N–H and O–H groups in total. The number of fused-ring (bicyclic) bond motifs is 1. The first kappa shape index (κ1) is 20.0. The fraction of sp³-hybridized carbons (Fsp3) is 0.190. The van der Waals surface area contributed by atoms with Gasteiger partial charge in [-0.15, -0.1) is 0 Å². The quantitative estimate of drug-likeness (QED) is 0.494. The van der Waals surface area contributed by atoms with Crippen LogP contribution in [-0.4, -0.2) is 34.7 Å². The Morgan fingerprint density at radius 2 is 1.83 bits per heavy atom. The summed E-state index contributed by atoms with van der Waals surface area (Å²) in [5.41, 5.74) is 4.98. The highest BCUT2D eigenvalue weighted by Gasteiger charge is 2.13. The topological polar surface area (TPSA) is 116 Å². The normalized spacial score (nSPS) is 11.7. The zero-order valence-electron chi connectivity index (χ0n) is 16.7. The number of hydrogen-bond donors (Lipinski definition) is 2. The minimum atomic E-state index is -3.68. The average Bonchev–Trinajstić information content (AvgIpc) is 3.14. The molecule has 0 bridgehead atoms. The fourth-order valence-corrected chi connectivity index (χ4v) is 3.80. The summed E-state index contributed by atoms with van der Waals surface area (Å²) in [5.74, 6) is 0.706. The molecule has 0 aliphatic rings. The van der Waals surface area contributed by atoms with E-state index in [1.54, 1.807) is 18.3 Å². The largest absolute Gasteiger partial charge is 0.369 e. The van der Waals surface area contributed by atoms with Gasteiger partial charge in [0.15, 0.2) is 5.65 Å². The molecule has 0 fully saturated rings. The number of aromatic nitrogens is 4. The third-order valence-corrected chi connectivity index (χ3v) is 5.85. The highest BCUT2D eigenvalue weighted by molar-refractivity contribution is 7.89. The molecule has 0 unspecified atom stereocenters. The van der Waals surface area contributed by atoms with Gasteiger partial charge < -0.3 is 5.32 Å². The molecule has 0 saturated carbocycles. The van der Waals surface area contributed by atoms with Gasteiger partial charge in [-0.2, -0.15) is 5.10 Å². The van der Waals surface area contributed by atoms with Gasteiger partial charge in [-0.1, -0.05) is 24.3 Å². The van der Waals surface area contributed by atoms with E-state index < -0.39 is 10.0 Å². The van der Waals surface area contributed by atoms with Crippen molar-refractivity contribution >= 4 is 26.9 Å². The average molecular weight is 423 g/mol. The van der Waals surface area contributed by atoms with E-state index in [0.717, 1.165) is 33.4 Å². The first-order valence-corrected chi connectivity index (χ1v) is 11.0. The Kier molecular flexibility index (Phi) is 5.23. The molecule has 2 aromatic heterocycles. The maximum atomic E-state index is 11.4. The SMILES string of the molecule is Cc1ccc(C)c(-n2ncc3c(NCCc4ccc(S(N)(=O)=O)cc4)ncnc32)c1. The van der Waals surface area contributed by atoms with Crippen LogP contribution in [0.5, 0.6) is 0 Å². The number of aryl methyl sites for hydroxylation is 2. The van der Waals surface area contributed by atoms with E-state index in [9.17, 15) is 8.42 Å². The number of nitrogens with zero attached hydrogens (tertiary/aromatic N) is 4. The van der Waals surface area contributed by atoms with E-state index in [2.05, 4.69) is 38.6 Å². The van der Waals surface area contributed by atoms with Crippen molar-refractivity contribution in [3.05, 3.63) is 71.7 Å². The molecule has 0 spiro atoms. The second-order valence-electron chi connectivity index (χ2n) is 7.17. The minimum absolute atomic E-state index is 0.107. The van der Waals surface area contributed by atoms with Crippen molar-refractivity contribution in [2.75, 3.05) is 11.9 Å². The molecular formula is C21H22N6O2S. The Labute approximate surface area is 174 Å². The van der Waals surface area contributed by atoms with Crippen molar-refractivity contribution in [1.29, 1.82) is 0 Å². The lowest BCUT2D eigenvalue weighted by Crippen LogP contribution is -2.12. The zero-order chi connectivity index (χ0) is 21.3. The Bertz CT molecular complexity index is 1310. The molecule has 8 nitrogen and oxygen atoms in total. The summed E-state index contributed by atoms with van der Waals surface area (Å²) in [4.78, 5) is 8.90. The van der Waals surface area contributed by atoms with Gasteiger partial charge in [-0.3, -0.25) is 0 Å². The summed E-state index contributed by atoms with van der Waals surface area (Å²) < 4.78 is 24.5. The first-order valence-electron chi connectivity index (χ1n) is 9.45. The number of nitrogens with two attached hydrogens (primary N) is 1. The van der Waals surface area contributed by atoms with Crippen LogP contribution in [0.2, 0.25) is 0 Å². The van der Waals surface area contributed by atoms with Crippen LogP contribution in [0, 0.1) is 13.8 Å². The second-order valence-corrected chi connectivity index (χ2v) is 8.73. The monoisotopic (exact) mass is 422 g/mol. The van der Waals surface area contributed by atoms with E-state index in [-0.39, 0.29) is 4.90 Å². The Hall–Kier alpha value is -3.30. The molecule has 4 rings (SSSR count). The number of nitrogens with one attached hydrogen (secondary N) is 1. The third-order valence-electron chi connectivity index (χ3n) is 4.92. The second kappa shape index (κ2) is 7.85. The van der Waals surface area contributed by atoms with Gasteiger partial charge in [0.1, 0.15) is 12.1 Å². The zero-order valence-corrected chi connectivity index (χ0v) is 17.5. The molecule has 0 amide bonds. The van der Waals surface area contributed by atoms with Crippen LogP contribution in [0.15, 0.2) is 59.9 Å².